The minimum absolute atomic E-state index is 0.238. The lowest BCUT2D eigenvalue weighted by Crippen LogP contribution is -2.45. The summed E-state index contributed by atoms with van der Waals surface area (Å²) in [5.74, 6) is -4.15. The molecule has 24 heavy (non-hydrogen) atoms. The summed E-state index contributed by atoms with van der Waals surface area (Å²) in [6.45, 7) is 2.49. The van der Waals surface area contributed by atoms with Gasteiger partial charge in [-0.3, -0.25) is 14.4 Å². The van der Waals surface area contributed by atoms with Crippen molar-refractivity contribution in [1.82, 2.24) is 4.90 Å². The van der Waals surface area contributed by atoms with E-state index < -0.39 is 23.4 Å². The van der Waals surface area contributed by atoms with E-state index >= 15 is 0 Å². The fourth-order valence-electron chi connectivity index (χ4n) is 2.49. The molecule has 0 aromatic heterocycles. The standard InChI is InChI=1S/C16H18F2N2O4/c1-2-24-16(23)10-5-7-20(8-6-10)15(22)14(21)19-13-4-3-11(17)9-12(13)18/h3-4,9-10H,2,5-8H2,1H3,(H,19,21). The van der Waals surface area contributed by atoms with Crippen LogP contribution in [0.15, 0.2) is 18.2 Å². The maximum absolute atomic E-state index is 13.5. The Hall–Kier alpha value is -2.51. The first-order chi connectivity index (χ1) is 11.4. The minimum Gasteiger partial charge on any atom is -0.466 e. The number of nitrogens with one attached hydrogen (secondary N) is 1. The molecule has 0 saturated carbocycles. The van der Waals surface area contributed by atoms with Crippen LogP contribution < -0.4 is 5.32 Å². The first kappa shape index (κ1) is 17.8. The Kier molecular flexibility index (Phi) is 5.83. The van der Waals surface area contributed by atoms with Crippen molar-refractivity contribution in [2.24, 2.45) is 5.92 Å². The van der Waals surface area contributed by atoms with Crippen molar-refractivity contribution in [3.05, 3.63) is 29.8 Å². The fraction of sp³-hybridized carbons (Fsp3) is 0.438. The van der Waals surface area contributed by atoms with E-state index in [0.29, 0.717) is 25.5 Å². The van der Waals surface area contributed by atoms with Crippen LogP contribution >= 0.6 is 0 Å². The van der Waals surface area contributed by atoms with Gasteiger partial charge in [-0.15, -0.1) is 0 Å². The molecule has 0 bridgehead atoms. The second kappa shape index (κ2) is 7.85. The lowest BCUT2D eigenvalue weighted by molar-refractivity contribution is -0.152. The van der Waals surface area contributed by atoms with Crippen LogP contribution in [0.25, 0.3) is 0 Å². The number of nitrogens with zero attached hydrogens (tertiary/aromatic N) is 1. The SMILES string of the molecule is CCOC(=O)C1CCN(C(=O)C(=O)Nc2ccc(F)cc2F)CC1. The third kappa shape index (κ3) is 4.27. The van der Waals surface area contributed by atoms with E-state index in [1.807, 2.05) is 0 Å². The monoisotopic (exact) mass is 340 g/mol. The molecule has 1 aromatic carbocycles. The molecular weight excluding hydrogens is 322 g/mol. The van der Waals surface area contributed by atoms with Gasteiger partial charge in [0.15, 0.2) is 0 Å². The van der Waals surface area contributed by atoms with E-state index in [0.717, 1.165) is 12.1 Å². The zero-order valence-electron chi connectivity index (χ0n) is 13.2. The van der Waals surface area contributed by atoms with E-state index in [1.54, 1.807) is 6.92 Å². The van der Waals surface area contributed by atoms with Crippen molar-refractivity contribution in [3.8, 4) is 0 Å². The normalized spacial score (nSPS) is 15.0. The van der Waals surface area contributed by atoms with Crippen LogP contribution in [0.2, 0.25) is 0 Å². The molecule has 8 heteroatoms. The number of hydrogen-bond acceptors (Lipinski definition) is 4. The van der Waals surface area contributed by atoms with Crippen LogP contribution in [0.5, 0.6) is 0 Å². The minimum atomic E-state index is -1.00. The first-order valence-electron chi connectivity index (χ1n) is 7.64. The van der Waals surface area contributed by atoms with Gasteiger partial charge in [0.1, 0.15) is 11.6 Å². The molecule has 1 aromatic rings. The molecule has 1 heterocycles. The highest BCUT2D eigenvalue weighted by Crippen LogP contribution is 2.20. The molecule has 1 N–H and O–H groups in total. The van der Waals surface area contributed by atoms with Crippen LogP contribution in [0.4, 0.5) is 14.5 Å². The summed E-state index contributed by atoms with van der Waals surface area (Å²) in [6.07, 6.45) is 0.811. The molecule has 0 spiro atoms. The maximum atomic E-state index is 13.5. The Morgan fingerprint density at radius 3 is 2.50 bits per heavy atom. The van der Waals surface area contributed by atoms with Crippen LogP contribution in [-0.2, 0) is 19.1 Å². The highest BCUT2D eigenvalue weighted by atomic mass is 19.1. The number of anilines is 1. The second-order valence-electron chi connectivity index (χ2n) is 5.40. The van der Waals surface area contributed by atoms with Crippen LogP contribution in [0.1, 0.15) is 19.8 Å². The number of ether oxygens (including phenoxy) is 1. The summed E-state index contributed by atoms with van der Waals surface area (Å²) in [7, 11) is 0. The van der Waals surface area contributed by atoms with Gasteiger partial charge in [-0.05, 0) is 31.9 Å². The fourth-order valence-corrected chi connectivity index (χ4v) is 2.49. The number of amides is 2. The number of piperidine rings is 1. The lowest BCUT2D eigenvalue weighted by Gasteiger charge is -2.30. The van der Waals surface area contributed by atoms with Gasteiger partial charge >= 0.3 is 17.8 Å². The van der Waals surface area contributed by atoms with Crippen LogP contribution in [0.3, 0.4) is 0 Å². The number of hydrogen-bond donors (Lipinski definition) is 1. The van der Waals surface area contributed by atoms with Crippen molar-refractivity contribution in [3.63, 3.8) is 0 Å². The third-order valence-electron chi connectivity index (χ3n) is 3.78. The van der Waals surface area contributed by atoms with Crippen molar-refractivity contribution in [1.29, 1.82) is 0 Å². The third-order valence-corrected chi connectivity index (χ3v) is 3.78. The summed E-state index contributed by atoms with van der Waals surface area (Å²) in [5, 5.41) is 2.13. The Bertz CT molecular complexity index is 643. The zero-order valence-corrected chi connectivity index (χ0v) is 13.2. The molecule has 0 radical (unpaired) electrons. The summed E-state index contributed by atoms with van der Waals surface area (Å²) >= 11 is 0. The van der Waals surface area contributed by atoms with Crippen molar-refractivity contribution >= 4 is 23.5 Å². The average Bonchev–Trinajstić information content (AvgIpc) is 2.57. The van der Waals surface area contributed by atoms with Gasteiger partial charge in [0.05, 0.1) is 18.2 Å². The molecule has 0 atom stereocenters. The number of rotatable bonds is 3. The number of carbonyl (C=O) groups is 3. The lowest BCUT2D eigenvalue weighted by atomic mass is 9.97. The predicted molar refractivity (Wildman–Crippen MR) is 80.9 cm³/mol. The van der Waals surface area contributed by atoms with E-state index in [9.17, 15) is 23.2 Å². The Morgan fingerprint density at radius 1 is 1.25 bits per heavy atom. The molecule has 1 aliphatic heterocycles. The summed E-state index contributed by atoms with van der Waals surface area (Å²) < 4.78 is 31.3. The average molecular weight is 340 g/mol. The Morgan fingerprint density at radius 2 is 1.92 bits per heavy atom. The Labute approximate surface area is 137 Å². The van der Waals surface area contributed by atoms with Gasteiger partial charge in [-0.2, -0.15) is 0 Å². The highest BCUT2D eigenvalue weighted by Gasteiger charge is 2.31. The molecule has 6 nitrogen and oxygen atoms in total. The maximum Gasteiger partial charge on any atom is 0.313 e. The van der Waals surface area contributed by atoms with Crippen LogP contribution in [0, 0.1) is 17.6 Å². The molecule has 1 aliphatic rings. The van der Waals surface area contributed by atoms with Crippen LogP contribution in [-0.4, -0.2) is 42.4 Å². The van der Waals surface area contributed by atoms with E-state index in [2.05, 4.69) is 5.32 Å². The summed E-state index contributed by atoms with van der Waals surface area (Å²) in [5.41, 5.74) is -0.267. The number of esters is 1. The molecule has 1 fully saturated rings. The van der Waals surface area contributed by atoms with E-state index in [1.165, 1.54) is 4.90 Å². The van der Waals surface area contributed by atoms with Crippen molar-refractivity contribution < 1.29 is 27.9 Å². The first-order valence-corrected chi connectivity index (χ1v) is 7.64. The number of likely N-dealkylation sites (tertiary alicyclic amines) is 1. The molecule has 0 unspecified atom stereocenters. The van der Waals surface area contributed by atoms with Gasteiger partial charge in [-0.1, -0.05) is 0 Å². The van der Waals surface area contributed by atoms with Gasteiger partial charge in [-0.25, -0.2) is 8.78 Å². The number of carbonyl (C=O) groups excluding carboxylic acids is 3. The smallest absolute Gasteiger partial charge is 0.313 e. The largest absolute Gasteiger partial charge is 0.466 e. The second-order valence-corrected chi connectivity index (χ2v) is 5.40. The quantitative estimate of drug-likeness (QED) is 0.671. The Balaban J connectivity index is 1.90. The van der Waals surface area contributed by atoms with Crippen molar-refractivity contribution in [2.45, 2.75) is 19.8 Å². The van der Waals surface area contributed by atoms with Crippen molar-refractivity contribution in [2.75, 3.05) is 25.0 Å². The molecular formula is C16H18F2N2O4. The summed E-state index contributed by atoms with van der Waals surface area (Å²) in [4.78, 5) is 36.9. The topological polar surface area (TPSA) is 75.7 Å². The van der Waals surface area contributed by atoms with Gasteiger partial charge in [0, 0.05) is 19.2 Å². The van der Waals surface area contributed by atoms with Gasteiger partial charge < -0.3 is 15.0 Å². The molecule has 2 amide bonds. The number of halogens is 2. The van der Waals surface area contributed by atoms with E-state index in [-0.39, 0.29) is 30.7 Å². The molecule has 1 saturated heterocycles. The predicted octanol–water partition coefficient (Wildman–Crippen LogP) is 1.70. The van der Waals surface area contributed by atoms with Gasteiger partial charge in [0.25, 0.3) is 0 Å². The molecule has 130 valence electrons. The number of benzene rings is 1. The van der Waals surface area contributed by atoms with E-state index in [4.69, 9.17) is 4.74 Å². The summed E-state index contributed by atoms with van der Waals surface area (Å²) in [6, 6.07) is 2.64. The molecule has 2 rings (SSSR count). The molecule has 0 aliphatic carbocycles. The zero-order chi connectivity index (χ0) is 17.7. The van der Waals surface area contributed by atoms with Gasteiger partial charge in [0.2, 0.25) is 0 Å². The highest BCUT2D eigenvalue weighted by molar-refractivity contribution is 6.39.